The van der Waals surface area contributed by atoms with E-state index in [1.807, 2.05) is 0 Å². The standard InChI is InChI=1S/C17H14ClF3N2O4/c1-26-8-10-2-4-11(5-3-10)16(25)27-9-14(24)23-15-13(18)6-12(7-22-15)17(19,20)21/h2-7H,8-9H2,1H3,(H,22,23,24). The molecule has 2 aromatic rings. The summed E-state index contributed by atoms with van der Waals surface area (Å²) in [5.74, 6) is -1.80. The van der Waals surface area contributed by atoms with E-state index in [-0.39, 0.29) is 11.4 Å². The van der Waals surface area contributed by atoms with Gasteiger partial charge in [-0.2, -0.15) is 13.2 Å². The largest absolute Gasteiger partial charge is 0.452 e. The van der Waals surface area contributed by atoms with E-state index in [4.69, 9.17) is 21.1 Å². The number of aromatic nitrogens is 1. The third-order valence-electron chi connectivity index (χ3n) is 3.26. The average Bonchev–Trinajstić information content (AvgIpc) is 2.61. The summed E-state index contributed by atoms with van der Waals surface area (Å²) in [6, 6.07) is 7.02. The van der Waals surface area contributed by atoms with Crippen molar-refractivity contribution in [1.29, 1.82) is 0 Å². The molecule has 1 amide bonds. The molecule has 144 valence electrons. The molecule has 0 saturated carbocycles. The Morgan fingerprint density at radius 3 is 2.44 bits per heavy atom. The molecule has 2 rings (SSSR count). The number of amides is 1. The van der Waals surface area contributed by atoms with Gasteiger partial charge in [0.15, 0.2) is 12.4 Å². The Bertz CT molecular complexity index is 826. The fourth-order valence-electron chi connectivity index (χ4n) is 1.97. The minimum atomic E-state index is -4.60. The van der Waals surface area contributed by atoms with E-state index in [0.717, 1.165) is 5.56 Å². The van der Waals surface area contributed by atoms with E-state index in [1.54, 1.807) is 19.2 Å². The molecule has 0 aliphatic rings. The van der Waals surface area contributed by atoms with Gasteiger partial charge in [0.1, 0.15) is 0 Å². The maximum atomic E-state index is 12.6. The Kier molecular flexibility index (Phi) is 6.75. The number of rotatable bonds is 6. The van der Waals surface area contributed by atoms with E-state index >= 15 is 0 Å². The lowest BCUT2D eigenvalue weighted by Gasteiger charge is -2.10. The fourth-order valence-corrected chi connectivity index (χ4v) is 2.18. The third kappa shape index (κ3) is 5.93. The first-order valence-corrected chi connectivity index (χ1v) is 7.86. The lowest BCUT2D eigenvalue weighted by molar-refractivity contribution is -0.137. The summed E-state index contributed by atoms with van der Waals surface area (Å²) in [4.78, 5) is 27.1. The molecule has 0 aliphatic heterocycles. The van der Waals surface area contributed by atoms with Crippen LogP contribution < -0.4 is 5.32 Å². The molecule has 27 heavy (non-hydrogen) atoms. The van der Waals surface area contributed by atoms with Crippen molar-refractivity contribution < 1.29 is 32.2 Å². The summed E-state index contributed by atoms with van der Waals surface area (Å²) in [6.07, 6.45) is -4.07. The van der Waals surface area contributed by atoms with Crippen molar-refractivity contribution in [3.63, 3.8) is 0 Å². The molecule has 0 unspecified atom stereocenters. The molecule has 1 aromatic carbocycles. The van der Waals surface area contributed by atoms with Crippen LogP contribution in [-0.2, 0) is 27.1 Å². The van der Waals surface area contributed by atoms with Gasteiger partial charge in [-0.15, -0.1) is 0 Å². The van der Waals surface area contributed by atoms with Crippen LogP contribution in [0.15, 0.2) is 36.5 Å². The SMILES string of the molecule is COCc1ccc(C(=O)OCC(=O)Nc2ncc(C(F)(F)F)cc2Cl)cc1. The number of anilines is 1. The first kappa shape index (κ1) is 20.7. The highest BCUT2D eigenvalue weighted by Crippen LogP contribution is 2.32. The molecular weight excluding hydrogens is 389 g/mol. The monoisotopic (exact) mass is 402 g/mol. The van der Waals surface area contributed by atoms with Gasteiger partial charge in [0.25, 0.3) is 5.91 Å². The molecule has 0 atom stereocenters. The number of esters is 1. The van der Waals surface area contributed by atoms with E-state index in [9.17, 15) is 22.8 Å². The van der Waals surface area contributed by atoms with Crippen molar-refractivity contribution in [2.45, 2.75) is 12.8 Å². The van der Waals surface area contributed by atoms with Crippen molar-refractivity contribution in [2.75, 3.05) is 19.0 Å². The van der Waals surface area contributed by atoms with Crippen LogP contribution in [0.2, 0.25) is 5.02 Å². The number of pyridine rings is 1. The first-order chi connectivity index (χ1) is 12.7. The van der Waals surface area contributed by atoms with Gasteiger partial charge < -0.3 is 14.8 Å². The minimum Gasteiger partial charge on any atom is -0.452 e. The second kappa shape index (κ2) is 8.83. The van der Waals surface area contributed by atoms with Gasteiger partial charge in [-0.1, -0.05) is 23.7 Å². The second-order valence-electron chi connectivity index (χ2n) is 5.31. The van der Waals surface area contributed by atoms with Crippen molar-refractivity contribution in [2.24, 2.45) is 0 Å². The van der Waals surface area contributed by atoms with Crippen LogP contribution >= 0.6 is 11.6 Å². The maximum Gasteiger partial charge on any atom is 0.417 e. The third-order valence-corrected chi connectivity index (χ3v) is 3.55. The topological polar surface area (TPSA) is 77.5 Å². The molecular formula is C17H14ClF3N2O4. The number of carbonyl (C=O) groups is 2. The van der Waals surface area contributed by atoms with Gasteiger partial charge in [-0.3, -0.25) is 4.79 Å². The summed E-state index contributed by atoms with van der Waals surface area (Å²) in [5, 5.41) is 1.79. The Balaban J connectivity index is 1.91. The van der Waals surface area contributed by atoms with Gasteiger partial charge in [-0.25, -0.2) is 9.78 Å². The molecule has 1 aromatic heterocycles. The molecule has 6 nitrogen and oxygen atoms in total. The molecule has 0 fully saturated rings. The molecule has 10 heteroatoms. The van der Waals surface area contributed by atoms with Gasteiger partial charge in [0.2, 0.25) is 0 Å². The normalized spacial score (nSPS) is 11.1. The molecule has 0 bridgehead atoms. The van der Waals surface area contributed by atoms with Gasteiger partial charge >= 0.3 is 12.1 Å². The van der Waals surface area contributed by atoms with Crippen LogP contribution in [0.25, 0.3) is 0 Å². The number of methoxy groups -OCH3 is 1. The highest BCUT2D eigenvalue weighted by molar-refractivity contribution is 6.33. The number of nitrogens with zero attached hydrogens (tertiary/aromatic N) is 1. The highest BCUT2D eigenvalue weighted by atomic mass is 35.5. The molecule has 1 heterocycles. The summed E-state index contributed by atoms with van der Waals surface area (Å²) < 4.78 is 47.4. The first-order valence-electron chi connectivity index (χ1n) is 7.48. The summed E-state index contributed by atoms with van der Waals surface area (Å²) in [6.45, 7) is -0.268. The number of nitrogens with one attached hydrogen (secondary N) is 1. The maximum absolute atomic E-state index is 12.6. The van der Waals surface area contributed by atoms with Crippen LogP contribution in [0.4, 0.5) is 19.0 Å². The summed E-state index contributed by atoms with van der Waals surface area (Å²) in [5.41, 5.74) is 0.0389. The smallest absolute Gasteiger partial charge is 0.417 e. The Labute approximate surface area is 157 Å². The zero-order chi connectivity index (χ0) is 20.0. The molecule has 0 saturated heterocycles. The minimum absolute atomic E-state index is 0.230. The van der Waals surface area contributed by atoms with Crippen molar-refractivity contribution >= 4 is 29.3 Å². The number of carbonyl (C=O) groups excluding carboxylic acids is 2. The Morgan fingerprint density at radius 1 is 1.22 bits per heavy atom. The lowest BCUT2D eigenvalue weighted by atomic mass is 10.1. The van der Waals surface area contributed by atoms with E-state index in [0.29, 0.717) is 18.9 Å². The lowest BCUT2D eigenvalue weighted by Crippen LogP contribution is -2.22. The van der Waals surface area contributed by atoms with Crippen LogP contribution in [0.1, 0.15) is 21.5 Å². The van der Waals surface area contributed by atoms with Crippen molar-refractivity contribution in [3.05, 3.63) is 58.2 Å². The molecule has 0 aliphatic carbocycles. The summed E-state index contributed by atoms with van der Waals surface area (Å²) in [7, 11) is 1.54. The number of alkyl halides is 3. The van der Waals surface area contributed by atoms with E-state index < -0.39 is 35.2 Å². The van der Waals surface area contributed by atoms with Crippen molar-refractivity contribution in [1.82, 2.24) is 4.98 Å². The zero-order valence-electron chi connectivity index (χ0n) is 14.0. The van der Waals surface area contributed by atoms with Crippen LogP contribution in [0.5, 0.6) is 0 Å². The van der Waals surface area contributed by atoms with Crippen LogP contribution in [0, 0.1) is 0 Å². The van der Waals surface area contributed by atoms with Gasteiger partial charge in [0.05, 0.1) is 22.8 Å². The molecule has 1 N–H and O–H groups in total. The fraction of sp³-hybridized carbons (Fsp3) is 0.235. The number of ether oxygens (including phenoxy) is 2. The van der Waals surface area contributed by atoms with E-state index in [1.165, 1.54) is 12.1 Å². The summed E-state index contributed by atoms with van der Waals surface area (Å²) >= 11 is 5.68. The second-order valence-corrected chi connectivity index (χ2v) is 5.71. The number of halogens is 4. The van der Waals surface area contributed by atoms with E-state index in [2.05, 4.69) is 10.3 Å². The molecule has 0 spiro atoms. The predicted molar refractivity (Wildman–Crippen MR) is 90.3 cm³/mol. The van der Waals surface area contributed by atoms with Crippen molar-refractivity contribution in [3.8, 4) is 0 Å². The number of hydrogen-bond donors (Lipinski definition) is 1. The zero-order valence-corrected chi connectivity index (χ0v) is 14.7. The molecule has 0 radical (unpaired) electrons. The highest BCUT2D eigenvalue weighted by Gasteiger charge is 2.31. The Morgan fingerprint density at radius 2 is 1.89 bits per heavy atom. The number of benzene rings is 1. The van der Waals surface area contributed by atoms with Gasteiger partial charge in [-0.05, 0) is 23.8 Å². The quantitative estimate of drug-likeness (QED) is 0.745. The van der Waals surface area contributed by atoms with Crippen LogP contribution in [0.3, 0.4) is 0 Å². The average molecular weight is 403 g/mol. The van der Waals surface area contributed by atoms with Crippen LogP contribution in [-0.4, -0.2) is 30.6 Å². The van der Waals surface area contributed by atoms with Gasteiger partial charge in [0, 0.05) is 13.3 Å². The predicted octanol–water partition coefficient (Wildman–Crippen LogP) is 3.70. The number of hydrogen-bond acceptors (Lipinski definition) is 5. The Hall–Kier alpha value is -2.65.